The van der Waals surface area contributed by atoms with Gasteiger partial charge in [-0.1, -0.05) is 36.2 Å². The standard InChI is InChI=1S/C14H22N2/c1-11-5-7-12(8-6-11)9-13(15)10-16-14-3-2-4-14/h5-8,13-14,16H,2-4,9-10,15H2,1H3. The summed E-state index contributed by atoms with van der Waals surface area (Å²) < 4.78 is 0. The fourth-order valence-electron chi connectivity index (χ4n) is 2.03. The van der Waals surface area contributed by atoms with Crippen molar-refractivity contribution in [3.8, 4) is 0 Å². The van der Waals surface area contributed by atoms with Crippen LogP contribution in [-0.4, -0.2) is 18.6 Å². The minimum Gasteiger partial charge on any atom is -0.326 e. The van der Waals surface area contributed by atoms with Crippen LogP contribution in [0.5, 0.6) is 0 Å². The Balaban J connectivity index is 1.73. The van der Waals surface area contributed by atoms with E-state index in [-0.39, 0.29) is 6.04 Å². The monoisotopic (exact) mass is 218 g/mol. The van der Waals surface area contributed by atoms with Crippen LogP contribution in [0.4, 0.5) is 0 Å². The van der Waals surface area contributed by atoms with Gasteiger partial charge in [-0.15, -0.1) is 0 Å². The summed E-state index contributed by atoms with van der Waals surface area (Å²) in [6, 6.07) is 9.65. The average Bonchev–Trinajstić information content (AvgIpc) is 2.19. The molecule has 88 valence electrons. The number of rotatable bonds is 5. The Hall–Kier alpha value is -0.860. The van der Waals surface area contributed by atoms with Gasteiger partial charge in [0.1, 0.15) is 0 Å². The molecule has 0 heterocycles. The molecule has 2 rings (SSSR count). The van der Waals surface area contributed by atoms with Gasteiger partial charge in [-0.05, 0) is 31.7 Å². The molecular formula is C14H22N2. The van der Waals surface area contributed by atoms with Crippen molar-refractivity contribution in [2.24, 2.45) is 5.73 Å². The van der Waals surface area contributed by atoms with Crippen LogP contribution in [-0.2, 0) is 6.42 Å². The highest BCUT2D eigenvalue weighted by atomic mass is 14.9. The zero-order valence-electron chi connectivity index (χ0n) is 10.1. The number of benzene rings is 1. The number of hydrogen-bond acceptors (Lipinski definition) is 2. The van der Waals surface area contributed by atoms with Gasteiger partial charge in [0.15, 0.2) is 0 Å². The molecule has 1 aromatic carbocycles. The lowest BCUT2D eigenvalue weighted by Gasteiger charge is -2.28. The van der Waals surface area contributed by atoms with Gasteiger partial charge in [0.2, 0.25) is 0 Å². The van der Waals surface area contributed by atoms with E-state index >= 15 is 0 Å². The molecule has 1 saturated carbocycles. The van der Waals surface area contributed by atoms with Gasteiger partial charge >= 0.3 is 0 Å². The number of aryl methyl sites for hydroxylation is 1. The van der Waals surface area contributed by atoms with Crippen LogP contribution in [0.15, 0.2) is 24.3 Å². The van der Waals surface area contributed by atoms with Gasteiger partial charge in [-0.25, -0.2) is 0 Å². The first kappa shape index (κ1) is 11.6. The summed E-state index contributed by atoms with van der Waals surface area (Å²) in [5.41, 5.74) is 8.76. The molecule has 3 N–H and O–H groups in total. The predicted molar refractivity (Wildman–Crippen MR) is 68.5 cm³/mol. The van der Waals surface area contributed by atoms with E-state index < -0.39 is 0 Å². The van der Waals surface area contributed by atoms with Crippen LogP contribution >= 0.6 is 0 Å². The van der Waals surface area contributed by atoms with E-state index in [1.807, 2.05) is 0 Å². The first-order valence-corrected chi connectivity index (χ1v) is 6.28. The van der Waals surface area contributed by atoms with Crippen molar-refractivity contribution in [2.75, 3.05) is 6.54 Å². The molecule has 0 aromatic heterocycles. The lowest BCUT2D eigenvalue weighted by Crippen LogP contribution is -2.43. The molecule has 16 heavy (non-hydrogen) atoms. The Morgan fingerprint density at radius 3 is 2.56 bits per heavy atom. The van der Waals surface area contributed by atoms with Gasteiger partial charge in [0.25, 0.3) is 0 Å². The summed E-state index contributed by atoms with van der Waals surface area (Å²) in [6.45, 7) is 3.06. The maximum absolute atomic E-state index is 6.11. The molecule has 0 aliphatic heterocycles. The van der Waals surface area contributed by atoms with Crippen LogP contribution in [0, 0.1) is 6.92 Å². The van der Waals surface area contributed by atoms with Gasteiger partial charge < -0.3 is 11.1 Å². The van der Waals surface area contributed by atoms with Crippen molar-refractivity contribution >= 4 is 0 Å². The fourth-order valence-corrected chi connectivity index (χ4v) is 2.03. The zero-order chi connectivity index (χ0) is 11.4. The second kappa shape index (κ2) is 5.46. The van der Waals surface area contributed by atoms with Crippen molar-refractivity contribution in [2.45, 2.75) is 44.7 Å². The second-order valence-electron chi connectivity index (χ2n) is 4.99. The molecule has 1 atom stereocenters. The number of nitrogens with two attached hydrogens (primary N) is 1. The maximum Gasteiger partial charge on any atom is 0.0206 e. The molecule has 1 fully saturated rings. The Morgan fingerprint density at radius 1 is 1.31 bits per heavy atom. The third-order valence-electron chi connectivity index (χ3n) is 3.39. The maximum atomic E-state index is 6.11. The molecule has 1 aliphatic carbocycles. The quantitative estimate of drug-likeness (QED) is 0.793. The largest absolute Gasteiger partial charge is 0.326 e. The molecule has 1 aromatic rings. The molecule has 2 nitrogen and oxygen atoms in total. The number of nitrogens with one attached hydrogen (secondary N) is 1. The molecule has 0 radical (unpaired) electrons. The van der Waals surface area contributed by atoms with Gasteiger partial charge in [0, 0.05) is 18.6 Å². The topological polar surface area (TPSA) is 38.0 Å². The Labute approximate surface area is 98.2 Å². The molecule has 2 heteroatoms. The van der Waals surface area contributed by atoms with E-state index in [1.54, 1.807) is 0 Å². The molecule has 0 saturated heterocycles. The summed E-state index contributed by atoms with van der Waals surface area (Å²) in [5.74, 6) is 0. The van der Waals surface area contributed by atoms with Crippen LogP contribution in [0.25, 0.3) is 0 Å². The smallest absolute Gasteiger partial charge is 0.0206 e. The van der Waals surface area contributed by atoms with E-state index in [0.29, 0.717) is 0 Å². The van der Waals surface area contributed by atoms with Crippen molar-refractivity contribution in [3.63, 3.8) is 0 Å². The summed E-state index contributed by atoms with van der Waals surface area (Å²) in [6.07, 6.45) is 5.01. The highest BCUT2D eigenvalue weighted by molar-refractivity contribution is 5.22. The van der Waals surface area contributed by atoms with Crippen LogP contribution < -0.4 is 11.1 Å². The van der Waals surface area contributed by atoms with E-state index in [4.69, 9.17) is 5.73 Å². The van der Waals surface area contributed by atoms with E-state index in [9.17, 15) is 0 Å². The predicted octanol–water partition coefficient (Wildman–Crippen LogP) is 2.01. The van der Waals surface area contributed by atoms with Crippen LogP contribution in [0.2, 0.25) is 0 Å². The van der Waals surface area contributed by atoms with Crippen molar-refractivity contribution < 1.29 is 0 Å². The van der Waals surface area contributed by atoms with Crippen molar-refractivity contribution in [1.29, 1.82) is 0 Å². The molecule has 0 bridgehead atoms. The third-order valence-corrected chi connectivity index (χ3v) is 3.39. The number of hydrogen-bond donors (Lipinski definition) is 2. The molecular weight excluding hydrogens is 196 g/mol. The summed E-state index contributed by atoms with van der Waals surface area (Å²) in [5, 5.41) is 3.53. The lowest BCUT2D eigenvalue weighted by atomic mass is 9.93. The summed E-state index contributed by atoms with van der Waals surface area (Å²) in [7, 11) is 0. The van der Waals surface area contributed by atoms with Gasteiger partial charge in [-0.2, -0.15) is 0 Å². The molecule has 1 unspecified atom stereocenters. The normalized spacial score (nSPS) is 18.1. The van der Waals surface area contributed by atoms with Crippen molar-refractivity contribution in [3.05, 3.63) is 35.4 Å². The Morgan fingerprint density at radius 2 is 2.00 bits per heavy atom. The Kier molecular flexibility index (Phi) is 3.97. The summed E-state index contributed by atoms with van der Waals surface area (Å²) >= 11 is 0. The van der Waals surface area contributed by atoms with Gasteiger partial charge in [-0.3, -0.25) is 0 Å². The summed E-state index contributed by atoms with van der Waals surface area (Å²) in [4.78, 5) is 0. The van der Waals surface area contributed by atoms with E-state index in [1.165, 1.54) is 30.4 Å². The third kappa shape index (κ3) is 3.32. The Bertz CT molecular complexity index is 314. The van der Waals surface area contributed by atoms with E-state index in [0.717, 1.165) is 19.0 Å². The second-order valence-corrected chi connectivity index (χ2v) is 4.99. The van der Waals surface area contributed by atoms with Gasteiger partial charge in [0.05, 0.1) is 0 Å². The van der Waals surface area contributed by atoms with Crippen LogP contribution in [0.3, 0.4) is 0 Å². The minimum absolute atomic E-state index is 0.239. The fraction of sp³-hybridized carbons (Fsp3) is 0.571. The van der Waals surface area contributed by atoms with Crippen LogP contribution in [0.1, 0.15) is 30.4 Å². The highest BCUT2D eigenvalue weighted by Gasteiger charge is 2.17. The minimum atomic E-state index is 0.239. The molecule has 1 aliphatic rings. The average molecular weight is 218 g/mol. The highest BCUT2D eigenvalue weighted by Crippen LogP contribution is 2.17. The first-order valence-electron chi connectivity index (χ1n) is 6.28. The molecule has 0 amide bonds. The zero-order valence-corrected chi connectivity index (χ0v) is 10.1. The van der Waals surface area contributed by atoms with Crippen molar-refractivity contribution in [1.82, 2.24) is 5.32 Å². The lowest BCUT2D eigenvalue weighted by molar-refractivity contribution is 0.331. The molecule has 0 spiro atoms. The van der Waals surface area contributed by atoms with E-state index in [2.05, 4.69) is 36.5 Å². The first-order chi connectivity index (χ1) is 7.74. The SMILES string of the molecule is Cc1ccc(CC(N)CNC2CCC2)cc1.